The maximum Gasteiger partial charge on any atom is 0.268 e. The molecule has 0 N–H and O–H groups in total. The summed E-state index contributed by atoms with van der Waals surface area (Å²) < 4.78 is 1.54. The van der Waals surface area contributed by atoms with E-state index in [1.165, 1.54) is 17.5 Å². The van der Waals surface area contributed by atoms with Gasteiger partial charge in [0.05, 0.1) is 12.4 Å². The monoisotopic (exact) mass is 289 g/mol. The number of likely N-dealkylation sites (tertiary alicyclic amines) is 1. The van der Waals surface area contributed by atoms with Crippen molar-refractivity contribution in [2.45, 2.75) is 19.5 Å². The lowest BCUT2D eigenvalue weighted by Gasteiger charge is -2.15. The van der Waals surface area contributed by atoms with Crippen molar-refractivity contribution in [3.8, 4) is 11.3 Å². The maximum atomic E-state index is 11.9. The number of halogens is 1. The van der Waals surface area contributed by atoms with Gasteiger partial charge in [0.1, 0.15) is 0 Å². The Balaban J connectivity index is 1.89. The third-order valence-electron chi connectivity index (χ3n) is 3.54. The van der Waals surface area contributed by atoms with Crippen LogP contribution in [0.1, 0.15) is 12.8 Å². The molecule has 104 valence electrons. The van der Waals surface area contributed by atoms with Crippen LogP contribution in [0.2, 0.25) is 5.02 Å². The Labute approximate surface area is 122 Å². The molecule has 1 aromatic carbocycles. The van der Waals surface area contributed by atoms with Gasteiger partial charge in [-0.05, 0) is 44.1 Å². The molecule has 1 aliphatic rings. The molecule has 0 amide bonds. The molecular weight excluding hydrogens is 274 g/mol. The Bertz CT molecular complexity index is 645. The van der Waals surface area contributed by atoms with Crippen molar-refractivity contribution in [2.75, 3.05) is 13.1 Å². The first-order valence-corrected chi connectivity index (χ1v) is 7.17. The van der Waals surface area contributed by atoms with E-state index >= 15 is 0 Å². The minimum atomic E-state index is -0.0605. The zero-order chi connectivity index (χ0) is 13.9. The van der Waals surface area contributed by atoms with Crippen LogP contribution in [0.25, 0.3) is 11.3 Å². The van der Waals surface area contributed by atoms with Crippen molar-refractivity contribution in [3.05, 3.63) is 51.8 Å². The van der Waals surface area contributed by atoms with Gasteiger partial charge in [0.2, 0.25) is 0 Å². The first-order valence-electron chi connectivity index (χ1n) is 6.79. The fraction of sp³-hybridized carbons (Fsp3) is 0.333. The topological polar surface area (TPSA) is 38.1 Å². The Morgan fingerprint density at radius 3 is 2.45 bits per heavy atom. The number of hydrogen-bond acceptors (Lipinski definition) is 3. The van der Waals surface area contributed by atoms with Crippen molar-refractivity contribution in [1.82, 2.24) is 14.7 Å². The summed E-state index contributed by atoms with van der Waals surface area (Å²) in [6.45, 7) is 2.65. The number of rotatable bonds is 3. The zero-order valence-electron chi connectivity index (χ0n) is 11.1. The predicted molar refractivity (Wildman–Crippen MR) is 79.8 cm³/mol. The largest absolute Gasteiger partial charge is 0.284 e. The van der Waals surface area contributed by atoms with E-state index in [-0.39, 0.29) is 5.56 Å². The van der Waals surface area contributed by atoms with Crippen LogP contribution in [0, 0.1) is 0 Å². The van der Waals surface area contributed by atoms with Crippen LogP contribution in [0.5, 0.6) is 0 Å². The minimum Gasteiger partial charge on any atom is -0.284 e. The molecule has 20 heavy (non-hydrogen) atoms. The molecule has 0 saturated carbocycles. The molecule has 0 radical (unpaired) electrons. The van der Waals surface area contributed by atoms with E-state index in [4.69, 9.17) is 11.6 Å². The van der Waals surface area contributed by atoms with Crippen LogP contribution in [0.4, 0.5) is 0 Å². The normalized spacial score (nSPS) is 15.7. The molecule has 0 unspecified atom stereocenters. The molecule has 2 aromatic rings. The second-order valence-electron chi connectivity index (χ2n) is 5.03. The van der Waals surface area contributed by atoms with Crippen LogP contribution in [-0.4, -0.2) is 27.8 Å². The lowest BCUT2D eigenvalue weighted by Crippen LogP contribution is -2.31. The molecule has 1 fully saturated rings. The number of benzene rings is 1. The summed E-state index contributed by atoms with van der Waals surface area (Å²) in [5.41, 5.74) is 1.69. The summed E-state index contributed by atoms with van der Waals surface area (Å²) in [6.07, 6.45) is 2.40. The summed E-state index contributed by atoms with van der Waals surface area (Å²) in [6, 6.07) is 10.8. The number of aromatic nitrogens is 2. The summed E-state index contributed by atoms with van der Waals surface area (Å²) in [5.74, 6) is 0. The van der Waals surface area contributed by atoms with E-state index in [0.29, 0.717) is 11.7 Å². The zero-order valence-corrected chi connectivity index (χ0v) is 11.9. The van der Waals surface area contributed by atoms with Gasteiger partial charge in [0.25, 0.3) is 5.56 Å². The highest BCUT2D eigenvalue weighted by molar-refractivity contribution is 6.30. The van der Waals surface area contributed by atoms with Crippen molar-refractivity contribution in [2.24, 2.45) is 0 Å². The lowest BCUT2D eigenvalue weighted by atomic mass is 10.1. The first-order chi connectivity index (χ1) is 9.72. The van der Waals surface area contributed by atoms with Crippen LogP contribution in [0.3, 0.4) is 0 Å². The van der Waals surface area contributed by atoms with Crippen LogP contribution in [-0.2, 0) is 6.67 Å². The molecular formula is C15H16ClN3O. The molecule has 0 atom stereocenters. The average molecular weight is 290 g/mol. The highest BCUT2D eigenvalue weighted by atomic mass is 35.5. The van der Waals surface area contributed by atoms with Gasteiger partial charge >= 0.3 is 0 Å². The summed E-state index contributed by atoms with van der Waals surface area (Å²) >= 11 is 5.89. The van der Waals surface area contributed by atoms with E-state index in [1.54, 1.807) is 12.1 Å². The Morgan fingerprint density at radius 1 is 1.05 bits per heavy atom. The minimum absolute atomic E-state index is 0.0605. The van der Waals surface area contributed by atoms with Gasteiger partial charge < -0.3 is 0 Å². The Kier molecular flexibility index (Phi) is 3.85. The van der Waals surface area contributed by atoms with Crippen molar-refractivity contribution in [1.29, 1.82) is 0 Å². The molecule has 0 aliphatic carbocycles. The van der Waals surface area contributed by atoms with Gasteiger partial charge in [-0.3, -0.25) is 9.69 Å². The molecule has 0 bridgehead atoms. The fourth-order valence-corrected chi connectivity index (χ4v) is 2.56. The van der Waals surface area contributed by atoms with Gasteiger partial charge in [0.15, 0.2) is 0 Å². The third-order valence-corrected chi connectivity index (χ3v) is 3.79. The average Bonchev–Trinajstić information content (AvgIpc) is 2.95. The predicted octanol–water partition coefficient (Wildman–Crippen LogP) is 2.62. The van der Waals surface area contributed by atoms with E-state index in [2.05, 4.69) is 10.00 Å². The van der Waals surface area contributed by atoms with E-state index in [1.807, 2.05) is 24.3 Å². The lowest BCUT2D eigenvalue weighted by molar-refractivity contribution is 0.249. The summed E-state index contributed by atoms with van der Waals surface area (Å²) in [5, 5.41) is 5.15. The Morgan fingerprint density at radius 2 is 1.75 bits per heavy atom. The molecule has 4 nitrogen and oxygen atoms in total. The van der Waals surface area contributed by atoms with Gasteiger partial charge in [-0.2, -0.15) is 5.10 Å². The van der Waals surface area contributed by atoms with E-state index in [0.717, 1.165) is 24.3 Å². The third kappa shape index (κ3) is 2.92. The Hall–Kier alpha value is -1.65. The standard InChI is InChI=1S/C15H16ClN3O/c16-13-5-3-12(4-6-13)14-7-8-15(20)19(17-14)11-18-9-1-2-10-18/h3-8H,1-2,9-11H2. The van der Waals surface area contributed by atoms with Gasteiger partial charge in [-0.25, -0.2) is 4.68 Å². The molecule has 5 heteroatoms. The fourth-order valence-electron chi connectivity index (χ4n) is 2.44. The van der Waals surface area contributed by atoms with Crippen LogP contribution in [0.15, 0.2) is 41.2 Å². The second-order valence-corrected chi connectivity index (χ2v) is 5.47. The van der Waals surface area contributed by atoms with Crippen molar-refractivity contribution in [3.63, 3.8) is 0 Å². The molecule has 1 saturated heterocycles. The first kappa shape index (κ1) is 13.3. The number of nitrogens with zero attached hydrogens (tertiary/aromatic N) is 3. The summed E-state index contributed by atoms with van der Waals surface area (Å²) in [4.78, 5) is 14.1. The van der Waals surface area contributed by atoms with E-state index < -0.39 is 0 Å². The molecule has 0 spiro atoms. The summed E-state index contributed by atoms with van der Waals surface area (Å²) in [7, 11) is 0. The van der Waals surface area contributed by atoms with Gasteiger partial charge in [0, 0.05) is 16.7 Å². The van der Waals surface area contributed by atoms with Crippen LogP contribution >= 0.6 is 11.6 Å². The molecule has 3 rings (SSSR count). The SMILES string of the molecule is O=c1ccc(-c2ccc(Cl)cc2)nn1CN1CCCC1. The van der Waals surface area contributed by atoms with Crippen LogP contribution < -0.4 is 5.56 Å². The van der Waals surface area contributed by atoms with Gasteiger partial charge in [-0.1, -0.05) is 23.7 Å². The quantitative estimate of drug-likeness (QED) is 0.872. The maximum absolute atomic E-state index is 11.9. The molecule has 2 heterocycles. The smallest absolute Gasteiger partial charge is 0.268 e. The second kappa shape index (κ2) is 5.77. The highest BCUT2D eigenvalue weighted by Gasteiger charge is 2.13. The number of hydrogen-bond donors (Lipinski definition) is 0. The van der Waals surface area contributed by atoms with Gasteiger partial charge in [-0.15, -0.1) is 0 Å². The molecule has 1 aromatic heterocycles. The van der Waals surface area contributed by atoms with Crippen molar-refractivity contribution < 1.29 is 0 Å². The van der Waals surface area contributed by atoms with Crippen molar-refractivity contribution >= 4 is 11.6 Å². The highest BCUT2D eigenvalue weighted by Crippen LogP contribution is 2.18. The van der Waals surface area contributed by atoms with E-state index in [9.17, 15) is 4.79 Å². The molecule has 1 aliphatic heterocycles.